The van der Waals surface area contributed by atoms with E-state index in [9.17, 15) is 9.59 Å². The number of carbonyl (C=O) groups is 2. The van der Waals surface area contributed by atoms with Crippen LogP contribution < -0.4 is 15.4 Å². The van der Waals surface area contributed by atoms with E-state index in [1.807, 2.05) is 31.2 Å². The minimum atomic E-state index is -0.407. The molecule has 2 unspecified atom stereocenters. The molecule has 6 nitrogen and oxygen atoms in total. The summed E-state index contributed by atoms with van der Waals surface area (Å²) in [5, 5.41) is 6.10. The highest BCUT2D eigenvalue weighted by Gasteiger charge is 2.24. The standard InChI is InChI=1S/C19H28N2O4/c1-3-25-16-9-7-14(8-10-16)12-15(19(23)24-2)13-21-18(22)17-6-4-5-11-20-17/h7-10,15,17,20H,3-6,11-13H2,1-2H3,(H,21,22). The molecule has 0 bridgehead atoms. The maximum Gasteiger partial charge on any atom is 0.310 e. The van der Waals surface area contributed by atoms with Crippen LogP contribution in [-0.2, 0) is 20.7 Å². The monoisotopic (exact) mass is 348 g/mol. The van der Waals surface area contributed by atoms with Gasteiger partial charge in [0.15, 0.2) is 0 Å². The van der Waals surface area contributed by atoms with E-state index in [1.54, 1.807) is 0 Å². The molecule has 1 aliphatic heterocycles. The lowest BCUT2D eigenvalue weighted by Crippen LogP contribution is -2.48. The molecule has 138 valence electrons. The Labute approximate surface area is 149 Å². The molecule has 6 heteroatoms. The first-order chi connectivity index (χ1) is 12.1. The van der Waals surface area contributed by atoms with Crippen LogP contribution in [0.4, 0.5) is 0 Å². The molecule has 1 aromatic carbocycles. The molecular formula is C19H28N2O4. The molecule has 0 aliphatic carbocycles. The van der Waals surface area contributed by atoms with Crippen molar-refractivity contribution >= 4 is 11.9 Å². The summed E-state index contributed by atoms with van der Waals surface area (Å²) in [7, 11) is 1.37. The number of rotatable bonds is 8. The molecule has 25 heavy (non-hydrogen) atoms. The van der Waals surface area contributed by atoms with Gasteiger partial charge in [-0.3, -0.25) is 9.59 Å². The Balaban J connectivity index is 1.91. The van der Waals surface area contributed by atoms with Gasteiger partial charge in [-0.05, 0) is 50.4 Å². The summed E-state index contributed by atoms with van der Waals surface area (Å²) in [5.41, 5.74) is 1.00. The largest absolute Gasteiger partial charge is 0.494 e. The van der Waals surface area contributed by atoms with E-state index < -0.39 is 5.92 Å². The van der Waals surface area contributed by atoms with Crippen LogP contribution in [0.1, 0.15) is 31.7 Å². The maximum absolute atomic E-state index is 12.2. The molecule has 1 saturated heterocycles. The fourth-order valence-electron chi connectivity index (χ4n) is 3.00. The van der Waals surface area contributed by atoms with Crippen molar-refractivity contribution in [3.05, 3.63) is 29.8 Å². The number of carbonyl (C=O) groups excluding carboxylic acids is 2. The smallest absolute Gasteiger partial charge is 0.310 e. The molecule has 0 aromatic heterocycles. The van der Waals surface area contributed by atoms with Crippen LogP contribution in [0.2, 0.25) is 0 Å². The van der Waals surface area contributed by atoms with Gasteiger partial charge in [0.1, 0.15) is 5.75 Å². The van der Waals surface area contributed by atoms with Crippen LogP contribution in [0.3, 0.4) is 0 Å². The van der Waals surface area contributed by atoms with Gasteiger partial charge in [0, 0.05) is 6.54 Å². The van der Waals surface area contributed by atoms with Crippen molar-refractivity contribution in [2.45, 2.75) is 38.6 Å². The zero-order valence-corrected chi connectivity index (χ0v) is 15.0. The number of ether oxygens (including phenoxy) is 2. The Bertz CT molecular complexity index is 553. The number of amides is 1. The molecular weight excluding hydrogens is 320 g/mol. The van der Waals surface area contributed by atoms with Crippen LogP contribution in [0.15, 0.2) is 24.3 Å². The van der Waals surface area contributed by atoms with Gasteiger partial charge in [-0.1, -0.05) is 18.6 Å². The van der Waals surface area contributed by atoms with Crippen molar-refractivity contribution in [1.82, 2.24) is 10.6 Å². The number of benzene rings is 1. The molecule has 1 amide bonds. The first-order valence-electron chi connectivity index (χ1n) is 8.94. The van der Waals surface area contributed by atoms with Crippen LogP contribution in [0.5, 0.6) is 5.75 Å². The predicted octanol–water partition coefficient (Wildman–Crippen LogP) is 1.68. The summed E-state index contributed by atoms with van der Waals surface area (Å²) >= 11 is 0. The first-order valence-corrected chi connectivity index (χ1v) is 8.94. The number of hydrogen-bond acceptors (Lipinski definition) is 5. The van der Waals surface area contributed by atoms with E-state index in [0.717, 1.165) is 37.1 Å². The van der Waals surface area contributed by atoms with Gasteiger partial charge in [-0.15, -0.1) is 0 Å². The lowest BCUT2D eigenvalue weighted by molar-refractivity contribution is -0.145. The molecule has 1 fully saturated rings. The van der Waals surface area contributed by atoms with Crippen LogP contribution in [-0.4, -0.2) is 44.7 Å². The topological polar surface area (TPSA) is 76.7 Å². The minimum absolute atomic E-state index is 0.0414. The Kier molecular flexibility index (Phi) is 7.73. The minimum Gasteiger partial charge on any atom is -0.494 e. The maximum atomic E-state index is 12.2. The summed E-state index contributed by atoms with van der Waals surface area (Å²) in [6.45, 7) is 3.69. The van der Waals surface area contributed by atoms with Crippen molar-refractivity contribution in [3.63, 3.8) is 0 Å². The van der Waals surface area contributed by atoms with Crippen molar-refractivity contribution in [2.75, 3.05) is 26.8 Å². The lowest BCUT2D eigenvalue weighted by atomic mass is 9.98. The van der Waals surface area contributed by atoms with E-state index in [1.165, 1.54) is 7.11 Å². The Morgan fingerprint density at radius 3 is 2.64 bits per heavy atom. The molecule has 0 spiro atoms. The van der Waals surface area contributed by atoms with Crippen molar-refractivity contribution in [1.29, 1.82) is 0 Å². The fraction of sp³-hybridized carbons (Fsp3) is 0.579. The number of esters is 1. The van der Waals surface area contributed by atoms with Crippen LogP contribution in [0, 0.1) is 5.92 Å². The average molecular weight is 348 g/mol. The third kappa shape index (κ3) is 6.05. The molecule has 1 aliphatic rings. The van der Waals surface area contributed by atoms with E-state index in [4.69, 9.17) is 9.47 Å². The van der Waals surface area contributed by atoms with Gasteiger partial charge in [0.05, 0.1) is 25.7 Å². The van der Waals surface area contributed by atoms with E-state index in [2.05, 4.69) is 10.6 Å². The van der Waals surface area contributed by atoms with E-state index in [-0.39, 0.29) is 24.5 Å². The molecule has 0 radical (unpaired) electrons. The third-order valence-electron chi connectivity index (χ3n) is 4.40. The van der Waals surface area contributed by atoms with Crippen LogP contribution in [0.25, 0.3) is 0 Å². The summed E-state index contributed by atoms with van der Waals surface area (Å²) in [6, 6.07) is 7.49. The fourth-order valence-corrected chi connectivity index (χ4v) is 3.00. The van der Waals surface area contributed by atoms with Gasteiger partial charge in [-0.2, -0.15) is 0 Å². The average Bonchev–Trinajstić information content (AvgIpc) is 2.66. The molecule has 1 aromatic rings. The van der Waals surface area contributed by atoms with Crippen molar-refractivity contribution in [2.24, 2.45) is 5.92 Å². The molecule has 2 atom stereocenters. The van der Waals surface area contributed by atoms with Gasteiger partial charge < -0.3 is 20.1 Å². The van der Waals surface area contributed by atoms with E-state index >= 15 is 0 Å². The molecule has 2 rings (SSSR count). The van der Waals surface area contributed by atoms with Gasteiger partial charge in [0.25, 0.3) is 0 Å². The quantitative estimate of drug-likeness (QED) is 0.699. The third-order valence-corrected chi connectivity index (χ3v) is 4.40. The Hall–Kier alpha value is -2.08. The predicted molar refractivity (Wildman–Crippen MR) is 95.5 cm³/mol. The lowest BCUT2D eigenvalue weighted by Gasteiger charge is -2.23. The van der Waals surface area contributed by atoms with Gasteiger partial charge in [-0.25, -0.2) is 0 Å². The zero-order chi connectivity index (χ0) is 18.1. The zero-order valence-electron chi connectivity index (χ0n) is 15.0. The second-order valence-corrected chi connectivity index (χ2v) is 6.25. The van der Waals surface area contributed by atoms with Crippen LogP contribution >= 0.6 is 0 Å². The Morgan fingerprint density at radius 1 is 1.28 bits per heavy atom. The number of nitrogens with one attached hydrogen (secondary N) is 2. The highest BCUT2D eigenvalue weighted by molar-refractivity contribution is 5.82. The van der Waals surface area contributed by atoms with Crippen molar-refractivity contribution < 1.29 is 19.1 Å². The highest BCUT2D eigenvalue weighted by atomic mass is 16.5. The molecule has 0 saturated carbocycles. The summed E-state index contributed by atoms with van der Waals surface area (Å²) in [5.74, 6) is 0.0408. The summed E-state index contributed by atoms with van der Waals surface area (Å²) in [4.78, 5) is 24.3. The van der Waals surface area contributed by atoms with E-state index in [0.29, 0.717) is 13.0 Å². The number of piperidine rings is 1. The van der Waals surface area contributed by atoms with Gasteiger partial charge in [0.2, 0.25) is 5.91 Å². The normalized spacial score (nSPS) is 18.2. The second-order valence-electron chi connectivity index (χ2n) is 6.25. The summed E-state index contributed by atoms with van der Waals surface area (Å²) < 4.78 is 10.3. The number of hydrogen-bond donors (Lipinski definition) is 2. The second kappa shape index (κ2) is 10.0. The first kappa shape index (κ1) is 19.2. The molecule has 2 N–H and O–H groups in total. The highest BCUT2D eigenvalue weighted by Crippen LogP contribution is 2.16. The number of methoxy groups -OCH3 is 1. The van der Waals surface area contributed by atoms with Crippen molar-refractivity contribution in [3.8, 4) is 5.75 Å². The van der Waals surface area contributed by atoms with Gasteiger partial charge >= 0.3 is 5.97 Å². The summed E-state index contributed by atoms with van der Waals surface area (Å²) in [6.07, 6.45) is 3.51. The SMILES string of the molecule is CCOc1ccc(CC(CNC(=O)C2CCCCN2)C(=O)OC)cc1. The molecule has 1 heterocycles. The Morgan fingerprint density at radius 2 is 2.04 bits per heavy atom.